The number of piperidine rings is 1. The Labute approximate surface area is 170 Å². The average molecular weight is 390 g/mol. The first-order valence-corrected chi connectivity index (χ1v) is 10.1. The van der Waals surface area contributed by atoms with E-state index in [2.05, 4.69) is 27.1 Å². The van der Waals surface area contributed by atoms with E-state index in [4.69, 9.17) is 4.74 Å². The van der Waals surface area contributed by atoms with Gasteiger partial charge in [0, 0.05) is 17.3 Å². The summed E-state index contributed by atoms with van der Waals surface area (Å²) in [7, 11) is 0. The lowest BCUT2D eigenvalue weighted by Gasteiger charge is -2.27. The summed E-state index contributed by atoms with van der Waals surface area (Å²) in [5.41, 5.74) is 4.23. The van der Waals surface area contributed by atoms with Gasteiger partial charge in [-0.3, -0.25) is 0 Å². The van der Waals surface area contributed by atoms with Gasteiger partial charge in [-0.25, -0.2) is 4.52 Å². The maximum absolute atomic E-state index is 9.87. The molecule has 3 aromatic rings. The number of benzene rings is 1. The van der Waals surface area contributed by atoms with Gasteiger partial charge in [0.25, 0.3) is 0 Å². The molecular formula is C22H26N6O. The second kappa shape index (κ2) is 8.41. The highest BCUT2D eigenvalue weighted by atomic mass is 16.5. The van der Waals surface area contributed by atoms with Crippen molar-refractivity contribution in [2.24, 2.45) is 0 Å². The van der Waals surface area contributed by atoms with Gasteiger partial charge in [0.1, 0.15) is 23.2 Å². The Bertz CT molecular complexity index is 1030. The molecule has 1 aromatic carbocycles. The number of aromatic nitrogens is 2. The molecule has 1 saturated heterocycles. The first-order chi connectivity index (χ1) is 14.2. The summed E-state index contributed by atoms with van der Waals surface area (Å²) in [6, 6.07) is 12.5. The van der Waals surface area contributed by atoms with Gasteiger partial charge in [0.05, 0.1) is 24.0 Å². The number of hydrogen-bond acceptors (Lipinski definition) is 6. The average Bonchev–Trinajstić information content (AvgIpc) is 3.23. The van der Waals surface area contributed by atoms with Crippen molar-refractivity contribution >= 4 is 22.7 Å². The van der Waals surface area contributed by atoms with Gasteiger partial charge in [-0.05, 0) is 70.1 Å². The summed E-state index contributed by atoms with van der Waals surface area (Å²) in [5, 5.41) is 24.8. The van der Waals surface area contributed by atoms with Gasteiger partial charge < -0.3 is 20.7 Å². The minimum Gasteiger partial charge on any atom is -0.494 e. The second-order valence-corrected chi connectivity index (χ2v) is 7.21. The first kappa shape index (κ1) is 19.1. The fraction of sp³-hybridized carbons (Fsp3) is 0.364. The molecule has 0 aliphatic carbocycles. The molecule has 29 heavy (non-hydrogen) atoms. The van der Waals surface area contributed by atoms with Crippen molar-refractivity contribution in [3.63, 3.8) is 0 Å². The molecule has 0 saturated carbocycles. The van der Waals surface area contributed by atoms with Crippen LogP contribution in [0.2, 0.25) is 0 Å². The number of nitrogens with one attached hydrogen (secondary N) is 3. The Balaban J connectivity index is 1.73. The Kier molecular flexibility index (Phi) is 5.54. The Morgan fingerprint density at radius 3 is 2.69 bits per heavy atom. The molecule has 0 spiro atoms. The molecule has 0 radical (unpaired) electrons. The zero-order valence-corrected chi connectivity index (χ0v) is 16.8. The van der Waals surface area contributed by atoms with Crippen LogP contribution in [0.5, 0.6) is 5.75 Å². The molecule has 3 N–H and O–H groups in total. The van der Waals surface area contributed by atoms with Crippen molar-refractivity contribution in [2.75, 3.05) is 30.3 Å². The van der Waals surface area contributed by atoms with Gasteiger partial charge in [0.15, 0.2) is 0 Å². The number of rotatable bonds is 6. The van der Waals surface area contributed by atoms with Crippen molar-refractivity contribution in [1.82, 2.24) is 14.9 Å². The topological polar surface area (TPSA) is 86.4 Å². The molecule has 150 valence electrons. The van der Waals surface area contributed by atoms with E-state index >= 15 is 0 Å². The molecule has 4 rings (SSSR count). The third-order valence-electron chi connectivity index (χ3n) is 5.32. The third kappa shape index (κ3) is 3.84. The molecule has 0 atom stereocenters. The van der Waals surface area contributed by atoms with Crippen LogP contribution in [0, 0.1) is 18.3 Å². The Morgan fingerprint density at radius 2 is 2.00 bits per heavy atom. The maximum atomic E-state index is 9.87. The van der Waals surface area contributed by atoms with E-state index in [0.717, 1.165) is 60.0 Å². The van der Waals surface area contributed by atoms with Crippen LogP contribution in [0.1, 0.15) is 30.9 Å². The number of ether oxygens (including phenoxy) is 1. The number of hydrogen-bond donors (Lipinski definition) is 3. The lowest BCUT2D eigenvalue weighted by atomic mass is 10.0. The molecular weight excluding hydrogens is 364 g/mol. The molecule has 1 aliphatic heterocycles. The van der Waals surface area contributed by atoms with E-state index in [0.29, 0.717) is 18.2 Å². The molecule has 2 aromatic heterocycles. The third-order valence-corrected chi connectivity index (χ3v) is 5.32. The van der Waals surface area contributed by atoms with Crippen LogP contribution in [-0.2, 0) is 0 Å². The Morgan fingerprint density at radius 1 is 1.24 bits per heavy atom. The van der Waals surface area contributed by atoms with Gasteiger partial charge in [0.2, 0.25) is 0 Å². The zero-order chi connectivity index (χ0) is 20.2. The summed E-state index contributed by atoms with van der Waals surface area (Å²) in [5.74, 6) is 1.69. The molecule has 7 nitrogen and oxygen atoms in total. The quantitative estimate of drug-likeness (QED) is 0.593. The van der Waals surface area contributed by atoms with E-state index < -0.39 is 0 Å². The molecule has 0 unspecified atom stereocenters. The number of nitrogens with zero attached hydrogens (tertiary/aromatic N) is 3. The number of nitriles is 1. The standard InChI is InChI=1S/C22H26N6O/c1-3-29-18-6-4-16(5-7-18)27-22-15(2)21(26-17-8-11-24-12-9-17)19(14-23)20-10-13-25-28(20)22/h4-7,10,13,17,24,26-27H,3,8-9,11-12H2,1-2H3. The van der Waals surface area contributed by atoms with E-state index in [9.17, 15) is 5.26 Å². The monoisotopic (exact) mass is 390 g/mol. The summed E-state index contributed by atoms with van der Waals surface area (Å²) in [4.78, 5) is 0. The fourth-order valence-electron chi connectivity index (χ4n) is 3.81. The van der Waals surface area contributed by atoms with Crippen molar-refractivity contribution in [1.29, 1.82) is 5.26 Å². The lowest BCUT2D eigenvalue weighted by Crippen LogP contribution is -2.35. The van der Waals surface area contributed by atoms with Crippen LogP contribution in [0.4, 0.5) is 17.2 Å². The van der Waals surface area contributed by atoms with Gasteiger partial charge >= 0.3 is 0 Å². The van der Waals surface area contributed by atoms with E-state index in [1.807, 2.05) is 44.2 Å². The van der Waals surface area contributed by atoms with Crippen LogP contribution in [-0.4, -0.2) is 35.4 Å². The highest BCUT2D eigenvalue weighted by Gasteiger charge is 2.21. The van der Waals surface area contributed by atoms with Gasteiger partial charge in [-0.2, -0.15) is 10.4 Å². The van der Waals surface area contributed by atoms with Crippen LogP contribution in [0.15, 0.2) is 36.5 Å². The fourth-order valence-corrected chi connectivity index (χ4v) is 3.81. The summed E-state index contributed by atoms with van der Waals surface area (Å²) < 4.78 is 7.33. The number of fused-ring (bicyclic) bond motifs is 1. The summed E-state index contributed by atoms with van der Waals surface area (Å²) in [6.45, 7) is 6.62. The highest BCUT2D eigenvalue weighted by Crippen LogP contribution is 2.34. The van der Waals surface area contributed by atoms with Crippen molar-refractivity contribution in [3.05, 3.63) is 47.7 Å². The van der Waals surface area contributed by atoms with Crippen LogP contribution < -0.4 is 20.7 Å². The smallest absolute Gasteiger partial charge is 0.137 e. The largest absolute Gasteiger partial charge is 0.494 e. The van der Waals surface area contributed by atoms with Crippen LogP contribution >= 0.6 is 0 Å². The second-order valence-electron chi connectivity index (χ2n) is 7.21. The molecule has 1 aliphatic rings. The minimum atomic E-state index is 0.353. The van der Waals surface area contributed by atoms with E-state index in [-0.39, 0.29) is 0 Å². The molecule has 3 heterocycles. The van der Waals surface area contributed by atoms with Crippen molar-refractivity contribution in [3.8, 4) is 11.8 Å². The molecule has 1 fully saturated rings. The first-order valence-electron chi connectivity index (χ1n) is 10.1. The van der Waals surface area contributed by atoms with Gasteiger partial charge in [-0.15, -0.1) is 0 Å². The van der Waals surface area contributed by atoms with Crippen molar-refractivity contribution < 1.29 is 4.74 Å². The summed E-state index contributed by atoms with van der Waals surface area (Å²) in [6.07, 6.45) is 3.81. The molecule has 0 amide bonds. The minimum absolute atomic E-state index is 0.353. The van der Waals surface area contributed by atoms with Crippen LogP contribution in [0.25, 0.3) is 5.52 Å². The van der Waals surface area contributed by atoms with Crippen LogP contribution in [0.3, 0.4) is 0 Å². The molecule has 7 heteroatoms. The molecule has 0 bridgehead atoms. The van der Waals surface area contributed by atoms with E-state index in [1.54, 1.807) is 10.7 Å². The maximum Gasteiger partial charge on any atom is 0.137 e. The number of pyridine rings is 1. The van der Waals surface area contributed by atoms with Crippen molar-refractivity contribution in [2.45, 2.75) is 32.7 Å². The van der Waals surface area contributed by atoms with Gasteiger partial charge in [-0.1, -0.05) is 0 Å². The summed E-state index contributed by atoms with van der Waals surface area (Å²) >= 11 is 0. The predicted octanol–water partition coefficient (Wildman–Crippen LogP) is 3.82. The Hall–Kier alpha value is -3.24. The normalized spacial score (nSPS) is 14.5. The highest BCUT2D eigenvalue weighted by molar-refractivity contribution is 5.82. The zero-order valence-electron chi connectivity index (χ0n) is 16.8. The number of anilines is 3. The lowest BCUT2D eigenvalue weighted by molar-refractivity contribution is 0.340. The predicted molar refractivity (Wildman–Crippen MR) is 115 cm³/mol. The van der Waals surface area contributed by atoms with E-state index in [1.165, 1.54) is 0 Å². The SMILES string of the molecule is CCOc1ccc(Nc2c(C)c(NC3CCNCC3)c(C#N)c3ccnn23)cc1.